The summed E-state index contributed by atoms with van der Waals surface area (Å²) in [7, 11) is 0. The summed E-state index contributed by atoms with van der Waals surface area (Å²) >= 11 is 0. The Balaban J connectivity index is 1.86. The maximum Gasteiger partial charge on any atom is 0.404 e. The molecule has 0 bridgehead atoms. The first-order valence-electron chi connectivity index (χ1n) is 7.01. The first-order valence-corrected chi connectivity index (χ1v) is 7.01. The summed E-state index contributed by atoms with van der Waals surface area (Å²) in [5.74, 6) is 0.790. The van der Waals surface area contributed by atoms with Crippen LogP contribution < -0.4 is 10.5 Å². The van der Waals surface area contributed by atoms with Crippen molar-refractivity contribution >= 4 is 6.09 Å². The van der Waals surface area contributed by atoms with Gasteiger partial charge in [0, 0.05) is 18.1 Å². The van der Waals surface area contributed by atoms with Gasteiger partial charge in [-0.15, -0.1) is 0 Å². The number of hydrogen-bond donors (Lipinski definition) is 1. The molecule has 6 nitrogen and oxygen atoms in total. The second-order valence-corrected chi connectivity index (χ2v) is 4.88. The number of halogens is 3. The zero-order valence-electron chi connectivity index (χ0n) is 12.5. The molecule has 0 saturated heterocycles. The van der Waals surface area contributed by atoms with E-state index in [0.29, 0.717) is 22.8 Å². The highest BCUT2D eigenvalue weighted by Crippen LogP contribution is 2.24. The van der Waals surface area contributed by atoms with E-state index < -0.39 is 18.7 Å². The van der Waals surface area contributed by atoms with Crippen molar-refractivity contribution in [3.63, 3.8) is 0 Å². The molecule has 0 aliphatic heterocycles. The Hall–Kier alpha value is -2.71. The van der Waals surface area contributed by atoms with Gasteiger partial charge in [0.25, 0.3) is 0 Å². The molecule has 2 aromatic rings. The molecule has 1 aromatic heterocycles. The predicted octanol–water partition coefficient (Wildman–Crippen LogP) is 3.66. The van der Waals surface area contributed by atoms with Crippen molar-refractivity contribution in [2.24, 2.45) is 5.73 Å². The Morgan fingerprint density at radius 1 is 1.25 bits per heavy atom. The highest BCUT2D eigenvalue weighted by atomic mass is 19.4. The van der Waals surface area contributed by atoms with Crippen LogP contribution in [0.5, 0.6) is 5.75 Å². The molecule has 24 heavy (non-hydrogen) atoms. The molecule has 130 valence electrons. The molecular formula is C15H15F3N2O4. The van der Waals surface area contributed by atoms with E-state index in [1.54, 1.807) is 30.3 Å². The lowest BCUT2D eigenvalue weighted by atomic mass is 10.1. The lowest BCUT2D eigenvalue weighted by Gasteiger charge is -2.08. The lowest BCUT2D eigenvalue weighted by molar-refractivity contribution is -0.136. The van der Waals surface area contributed by atoms with E-state index in [1.165, 1.54) is 0 Å². The number of ether oxygens (including phenoxy) is 2. The van der Waals surface area contributed by atoms with Crippen molar-refractivity contribution in [1.29, 1.82) is 0 Å². The van der Waals surface area contributed by atoms with Crippen molar-refractivity contribution in [3.8, 4) is 17.0 Å². The van der Waals surface area contributed by atoms with Crippen LogP contribution in [-0.4, -0.2) is 24.0 Å². The van der Waals surface area contributed by atoms with E-state index in [-0.39, 0.29) is 19.6 Å². The van der Waals surface area contributed by atoms with Crippen LogP contribution in [0, 0.1) is 0 Å². The number of hydrogen-bond acceptors (Lipinski definition) is 5. The number of carbonyl (C=O) groups is 1. The SMILES string of the molecule is NC(=O)OCc1cc(-c2ccc(OCCCC(F)(F)F)cc2)no1. The summed E-state index contributed by atoms with van der Waals surface area (Å²) in [6.07, 6.45) is -6.06. The fourth-order valence-electron chi connectivity index (χ4n) is 1.84. The van der Waals surface area contributed by atoms with Crippen molar-refractivity contribution in [3.05, 3.63) is 36.1 Å². The van der Waals surface area contributed by atoms with Crippen LogP contribution in [0.1, 0.15) is 18.6 Å². The monoisotopic (exact) mass is 344 g/mol. The first kappa shape index (κ1) is 17.6. The van der Waals surface area contributed by atoms with Gasteiger partial charge < -0.3 is 19.7 Å². The van der Waals surface area contributed by atoms with Crippen molar-refractivity contribution in [2.75, 3.05) is 6.61 Å². The average molecular weight is 344 g/mol. The smallest absolute Gasteiger partial charge is 0.404 e. The van der Waals surface area contributed by atoms with Crippen molar-refractivity contribution < 1.29 is 32.0 Å². The van der Waals surface area contributed by atoms with Gasteiger partial charge in [0.1, 0.15) is 11.4 Å². The molecule has 0 spiro atoms. The normalized spacial score (nSPS) is 11.3. The molecule has 0 fully saturated rings. The van der Waals surface area contributed by atoms with E-state index >= 15 is 0 Å². The fourth-order valence-corrected chi connectivity index (χ4v) is 1.84. The van der Waals surface area contributed by atoms with Crippen LogP contribution in [0.4, 0.5) is 18.0 Å². The highest BCUT2D eigenvalue weighted by Gasteiger charge is 2.26. The van der Waals surface area contributed by atoms with E-state index in [4.69, 9.17) is 15.0 Å². The summed E-state index contributed by atoms with van der Waals surface area (Å²) in [6, 6.07) is 8.21. The molecule has 2 rings (SSSR count). The van der Waals surface area contributed by atoms with E-state index in [2.05, 4.69) is 9.89 Å². The van der Waals surface area contributed by atoms with Gasteiger partial charge in [-0.2, -0.15) is 13.2 Å². The Bertz CT molecular complexity index is 668. The summed E-state index contributed by atoms with van der Waals surface area (Å²) in [5.41, 5.74) is 6.08. The maximum atomic E-state index is 12.0. The van der Waals surface area contributed by atoms with Crippen LogP contribution in [0.15, 0.2) is 34.9 Å². The molecule has 0 saturated carbocycles. The zero-order chi connectivity index (χ0) is 17.6. The molecule has 0 aliphatic rings. The lowest BCUT2D eigenvalue weighted by Crippen LogP contribution is -2.12. The second kappa shape index (κ2) is 7.71. The summed E-state index contributed by atoms with van der Waals surface area (Å²) < 4.78 is 50.9. The van der Waals surface area contributed by atoms with E-state index in [0.717, 1.165) is 0 Å². The van der Waals surface area contributed by atoms with Gasteiger partial charge in [-0.3, -0.25) is 0 Å². The van der Waals surface area contributed by atoms with Gasteiger partial charge in [-0.05, 0) is 30.7 Å². The van der Waals surface area contributed by atoms with Crippen molar-refractivity contribution in [2.45, 2.75) is 25.6 Å². The van der Waals surface area contributed by atoms with Gasteiger partial charge in [0.05, 0.1) is 6.61 Å². The average Bonchev–Trinajstić information content (AvgIpc) is 2.98. The minimum Gasteiger partial charge on any atom is -0.494 e. The van der Waals surface area contributed by atoms with Crippen LogP contribution in [0.25, 0.3) is 11.3 Å². The molecule has 1 heterocycles. The number of benzene rings is 1. The molecule has 9 heteroatoms. The minimum absolute atomic E-state index is 0.0164. The third-order valence-corrected chi connectivity index (χ3v) is 2.94. The number of aromatic nitrogens is 1. The van der Waals surface area contributed by atoms with Gasteiger partial charge in [0.15, 0.2) is 12.4 Å². The van der Waals surface area contributed by atoms with Gasteiger partial charge >= 0.3 is 12.3 Å². The molecule has 0 atom stereocenters. The first-order chi connectivity index (χ1) is 11.3. The summed E-state index contributed by atoms with van der Waals surface area (Å²) in [5, 5.41) is 3.82. The number of nitrogens with zero attached hydrogens (tertiary/aromatic N) is 1. The standard InChI is InChI=1S/C15H15F3N2O4/c16-15(17,18)6-1-7-22-11-4-2-10(3-5-11)13-8-12(24-20-13)9-23-14(19)21/h2-5,8H,1,6-7,9H2,(H2,19,21). The van der Waals surface area contributed by atoms with Crippen LogP contribution >= 0.6 is 0 Å². The summed E-state index contributed by atoms with van der Waals surface area (Å²) in [4.78, 5) is 10.5. The molecular weight excluding hydrogens is 329 g/mol. The van der Waals surface area contributed by atoms with Crippen LogP contribution in [0.3, 0.4) is 0 Å². The Kier molecular flexibility index (Phi) is 5.67. The van der Waals surface area contributed by atoms with Crippen LogP contribution in [-0.2, 0) is 11.3 Å². The Morgan fingerprint density at radius 2 is 1.96 bits per heavy atom. The number of carbonyl (C=O) groups excluding carboxylic acids is 1. The number of nitrogens with two attached hydrogens (primary N) is 1. The van der Waals surface area contributed by atoms with E-state index in [9.17, 15) is 18.0 Å². The van der Waals surface area contributed by atoms with Crippen LogP contribution in [0.2, 0.25) is 0 Å². The topological polar surface area (TPSA) is 87.6 Å². The molecule has 0 radical (unpaired) electrons. The quantitative estimate of drug-likeness (QED) is 0.775. The van der Waals surface area contributed by atoms with Gasteiger partial charge in [0.2, 0.25) is 0 Å². The molecule has 1 amide bonds. The Morgan fingerprint density at radius 3 is 2.58 bits per heavy atom. The van der Waals surface area contributed by atoms with Gasteiger partial charge in [-0.1, -0.05) is 5.16 Å². The van der Waals surface area contributed by atoms with E-state index in [1.807, 2.05) is 0 Å². The Labute approximate surface area is 135 Å². The van der Waals surface area contributed by atoms with Gasteiger partial charge in [-0.25, -0.2) is 4.79 Å². The number of alkyl halides is 3. The fraction of sp³-hybridized carbons (Fsp3) is 0.333. The predicted molar refractivity (Wildman–Crippen MR) is 77.1 cm³/mol. The largest absolute Gasteiger partial charge is 0.494 e. The number of primary amides is 1. The third-order valence-electron chi connectivity index (χ3n) is 2.94. The molecule has 1 aromatic carbocycles. The second-order valence-electron chi connectivity index (χ2n) is 4.88. The zero-order valence-corrected chi connectivity index (χ0v) is 12.5. The molecule has 0 unspecified atom stereocenters. The maximum absolute atomic E-state index is 12.0. The summed E-state index contributed by atoms with van der Waals surface area (Å²) in [6.45, 7) is -0.139. The number of rotatable bonds is 7. The molecule has 0 aliphatic carbocycles. The number of amides is 1. The molecule has 2 N–H and O–H groups in total. The minimum atomic E-state index is -4.17. The highest BCUT2D eigenvalue weighted by molar-refractivity contribution is 5.64. The third kappa shape index (κ3) is 5.82. The van der Waals surface area contributed by atoms with Crippen molar-refractivity contribution in [1.82, 2.24) is 5.16 Å².